The summed E-state index contributed by atoms with van der Waals surface area (Å²) >= 11 is 0. The highest BCUT2D eigenvalue weighted by atomic mass is 16.5. The Morgan fingerprint density at radius 1 is 1.60 bits per heavy atom. The van der Waals surface area contributed by atoms with Gasteiger partial charge in [0.15, 0.2) is 0 Å². The van der Waals surface area contributed by atoms with Crippen LogP contribution in [0.25, 0.3) is 0 Å². The summed E-state index contributed by atoms with van der Waals surface area (Å²) in [6.45, 7) is 6.38. The summed E-state index contributed by atoms with van der Waals surface area (Å²) in [5.74, 6) is 0.529. The second-order valence-corrected chi connectivity index (χ2v) is 2.72. The smallest absolute Gasteiger partial charge is 0.127 e. The van der Waals surface area contributed by atoms with Gasteiger partial charge in [-0.2, -0.15) is 0 Å². The van der Waals surface area contributed by atoms with Crippen molar-refractivity contribution in [3.8, 4) is 0 Å². The van der Waals surface area contributed by atoms with E-state index in [0.29, 0.717) is 5.92 Å². The highest BCUT2D eigenvalue weighted by Gasteiger charge is 2.07. The van der Waals surface area contributed by atoms with Crippen LogP contribution in [-0.2, 0) is 6.42 Å². The fourth-order valence-corrected chi connectivity index (χ4v) is 1.01. The molecule has 2 heteroatoms. The largest absolute Gasteiger partial charge is 0.364 e. The lowest BCUT2D eigenvalue weighted by molar-refractivity contribution is 0.411. The molecule has 0 N–H and O–H groups in total. The highest BCUT2D eigenvalue weighted by Crippen LogP contribution is 2.17. The Morgan fingerprint density at radius 3 is 2.70 bits per heavy atom. The molecule has 1 aromatic heterocycles. The molecule has 0 spiro atoms. The minimum atomic E-state index is 0.529. The molecule has 0 bridgehead atoms. The van der Waals surface area contributed by atoms with Gasteiger partial charge in [-0.05, 0) is 12.3 Å². The maximum Gasteiger partial charge on any atom is 0.127 e. The molecule has 0 atom stereocenters. The van der Waals surface area contributed by atoms with Crippen LogP contribution in [0.2, 0.25) is 0 Å². The molecule has 0 amide bonds. The predicted molar refractivity (Wildman–Crippen MR) is 40.0 cm³/mol. The third kappa shape index (κ3) is 1.20. The second kappa shape index (κ2) is 2.86. The third-order valence-corrected chi connectivity index (χ3v) is 1.63. The second-order valence-electron chi connectivity index (χ2n) is 2.72. The SMILES string of the molecule is CCc1nocc1C(C)C. The number of hydrogen-bond donors (Lipinski definition) is 0. The van der Waals surface area contributed by atoms with Crippen molar-refractivity contribution in [3.05, 3.63) is 17.5 Å². The lowest BCUT2D eigenvalue weighted by atomic mass is 10.0. The molecule has 0 aliphatic heterocycles. The molecule has 1 rings (SSSR count). The van der Waals surface area contributed by atoms with E-state index in [1.54, 1.807) is 6.26 Å². The predicted octanol–water partition coefficient (Wildman–Crippen LogP) is 2.36. The van der Waals surface area contributed by atoms with Gasteiger partial charge in [-0.1, -0.05) is 25.9 Å². The summed E-state index contributed by atoms with van der Waals surface area (Å²) in [6.07, 6.45) is 2.70. The molecule has 0 saturated carbocycles. The molecule has 2 nitrogen and oxygen atoms in total. The molecule has 0 aliphatic carbocycles. The molecular weight excluding hydrogens is 126 g/mol. The quantitative estimate of drug-likeness (QED) is 0.628. The van der Waals surface area contributed by atoms with Crippen LogP contribution >= 0.6 is 0 Å². The van der Waals surface area contributed by atoms with Crippen LogP contribution in [-0.4, -0.2) is 5.16 Å². The first kappa shape index (κ1) is 7.32. The Hall–Kier alpha value is -0.790. The Morgan fingerprint density at radius 2 is 2.30 bits per heavy atom. The summed E-state index contributed by atoms with van der Waals surface area (Å²) in [5, 5.41) is 3.88. The van der Waals surface area contributed by atoms with Crippen LogP contribution in [0.5, 0.6) is 0 Å². The molecule has 1 aromatic rings. The van der Waals surface area contributed by atoms with Crippen molar-refractivity contribution in [2.24, 2.45) is 0 Å². The Balaban J connectivity index is 2.90. The first-order valence-electron chi connectivity index (χ1n) is 3.68. The first-order chi connectivity index (χ1) is 4.75. The number of aryl methyl sites for hydroxylation is 1. The Bertz CT molecular complexity index is 203. The summed E-state index contributed by atoms with van der Waals surface area (Å²) in [4.78, 5) is 0. The topological polar surface area (TPSA) is 26.0 Å². The minimum absolute atomic E-state index is 0.529. The van der Waals surface area contributed by atoms with Gasteiger partial charge < -0.3 is 4.52 Å². The van der Waals surface area contributed by atoms with Crippen LogP contribution < -0.4 is 0 Å². The van der Waals surface area contributed by atoms with Gasteiger partial charge in [0.2, 0.25) is 0 Å². The van der Waals surface area contributed by atoms with E-state index in [2.05, 4.69) is 25.9 Å². The van der Waals surface area contributed by atoms with Crippen molar-refractivity contribution in [3.63, 3.8) is 0 Å². The molecule has 56 valence electrons. The molecular formula is C8H13NO. The maximum absolute atomic E-state index is 4.85. The number of hydrogen-bond acceptors (Lipinski definition) is 2. The third-order valence-electron chi connectivity index (χ3n) is 1.63. The van der Waals surface area contributed by atoms with E-state index < -0.39 is 0 Å². The fraction of sp³-hybridized carbons (Fsp3) is 0.625. The van der Waals surface area contributed by atoms with Gasteiger partial charge in [-0.3, -0.25) is 0 Å². The zero-order chi connectivity index (χ0) is 7.56. The van der Waals surface area contributed by atoms with Gasteiger partial charge >= 0.3 is 0 Å². The van der Waals surface area contributed by atoms with E-state index in [4.69, 9.17) is 4.52 Å². The normalized spacial score (nSPS) is 10.8. The lowest BCUT2D eigenvalue weighted by Gasteiger charge is -1.99. The van der Waals surface area contributed by atoms with E-state index in [0.717, 1.165) is 12.1 Å². The molecule has 0 aliphatic rings. The molecule has 0 radical (unpaired) electrons. The summed E-state index contributed by atoms with van der Waals surface area (Å²) in [6, 6.07) is 0. The molecule has 1 heterocycles. The van der Waals surface area contributed by atoms with E-state index in [-0.39, 0.29) is 0 Å². The van der Waals surface area contributed by atoms with Crippen molar-refractivity contribution in [1.29, 1.82) is 0 Å². The minimum Gasteiger partial charge on any atom is -0.364 e. The summed E-state index contributed by atoms with van der Waals surface area (Å²) in [5.41, 5.74) is 2.33. The maximum atomic E-state index is 4.85. The number of rotatable bonds is 2. The van der Waals surface area contributed by atoms with Crippen LogP contribution in [0.4, 0.5) is 0 Å². The van der Waals surface area contributed by atoms with Gasteiger partial charge in [0.25, 0.3) is 0 Å². The van der Waals surface area contributed by atoms with Crippen molar-refractivity contribution >= 4 is 0 Å². The summed E-state index contributed by atoms with van der Waals surface area (Å²) < 4.78 is 4.85. The van der Waals surface area contributed by atoms with Gasteiger partial charge in [0, 0.05) is 5.56 Å². The molecule has 0 saturated heterocycles. The molecule has 10 heavy (non-hydrogen) atoms. The van der Waals surface area contributed by atoms with Gasteiger partial charge in [-0.25, -0.2) is 0 Å². The van der Waals surface area contributed by atoms with Gasteiger partial charge in [0.05, 0.1) is 5.69 Å². The average Bonchev–Trinajstić information content (AvgIpc) is 2.33. The Kier molecular flexibility index (Phi) is 2.10. The Labute approximate surface area is 61.2 Å². The van der Waals surface area contributed by atoms with Gasteiger partial charge in [0.1, 0.15) is 6.26 Å². The van der Waals surface area contributed by atoms with E-state index >= 15 is 0 Å². The summed E-state index contributed by atoms with van der Waals surface area (Å²) in [7, 11) is 0. The van der Waals surface area contributed by atoms with Crippen LogP contribution in [0.15, 0.2) is 10.8 Å². The van der Waals surface area contributed by atoms with Crippen molar-refractivity contribution < 1.29 is 4.52 Å². The highest BCUT2D eigenvalue weighted by molar-refractivity contribution is 5.17. The average molecular weight is 139 g/mol. The number of aromatic nitrogens is 1. The molecule has 0 unspecified atom stereocenters. The van der Waals surface area contributed by atoms with Crippen LogP contribution in [0.3, 0.4) is 0 Å². The van der Waals surface area contributed by atoms with Crippen LogP contribution in [0.1, 0.15) is 37.9 Å². The van der Waals surface area contributed by atoms with Gasteiger partial charge in [-0.15, -0.1) is 0 Å². The van der Waals surface area contributed by atoms with E-state index in [1.165, 1.54) is 5.56 Å². The lowest BCUT2D eigenvalue weighted by Crippen LogP contribution is -1.90. The first-order valence-corrected chi connectivity index (χ1v) is 3.68. The monoisotopic (exact) mass is 139 g/mol. The standard InChI is InChI=1S/C8H13NO/c1-4-8-7(6(2)3)5-10-9-8/h5-6H,4H2,1-3H3. The molecule has 0 fully saturated rings. The fourth-order valence-electron chi connectivity index (χ4n) is 1.01. The van der Waals surface area contributed by atoms with Crippen LogP contribution in [0, 0.1) is 0 Å². The zero-order valence-corrected chi connectivity index (χ0v) is 6.72. The van der Waals surface area contributed by atoms with E-state index in [1.807, 2.05) is 0 Å². The van der Waals surface area contributed by atoms with Crippen molar-refractivity contribution in [2.75, 3.05) is 0 Å². The van der Waals surface area contributed by atoms with E-state index in [9.17, 15) is 0 Å². The van der Waals surface area contributed by atoms with Crippen molar-refractivity contribution in [2.45, 2.75) is 33.1 Å². The zero-order valence-electron chi connectivity index (χ0n) is 6.72. The van der Waals surface area contributed by atoms with Crippen molar-refractivity contribution in [1.82, 2.24) is 5.16 Å². The molecule has 0 aromatic carbocycles. The number of nitrogens with zero attached hydrogens (tertiary/aromatic N) is 1.